The fourth-order valence-corrected chi connectivity index (χ4v) is 3.73. The molecule has 0 bridgehead atoms. The first-order valence-corrected chi connectivity index (χ1v) is 7.97. The largest absolute Gasteiger partial charge is 0.508 e. The number of ether oxygens (including phenoxy) is 1. The van der Waals surface area contributed by atoms with Crippen molar-refractivity contribution in [3.05, 3.63) is 29.3 Å². The van der Waals surface area contributed by atoms with Crippen molar-refractivity contribution in [3.8, 4) is 5.75 Å². The zero-order valence-corrected chi connectivity index (χ0v) is 14.2. The Kier molecular flexibility index (Phi) is 5.89. The van der Waals surface area contributed by atoms with E-state index in [1.54, 1.807) is 13.2 Å². The number of carbonyl (C=O) groups is 1. The molecule has 0 spiro atoms. The van der Waals surface area contributed by atoms with Crippen molar-refractivity contribution in [2.45, 2.75) is 44.4 Å². The molecular weight excluding hydrogens is 316 g/mol. The van der Waals surface area contributed by atoms with E-state index in [1.165, 1.54) is 0 Å². The van der Waals surface area contributed by atoms with Crippen LogP contribution in [0.15, 0.2) is 18.2 Å². The summed E-state index contributed by atoms with van der Waals surface area (Å²) in [6, 6.07) is 5.47. The fourth-order valence-electron chi connectivity index (χ4n) is 3.73. The molecule has 3 rings (SSSR count). The highest BCUT2D eigenvalue weighted by Gasteiger charge is 2.35. The summed E-state index contributed by atoms with van der Waals surface area (Å²) in [4.78, 5) is 14.7. The zero-order chi connectivity index (χ0) is 15.7. The predicted octanol–water partition coefficient (Wildman–Crippen LogP) is 1.84. The fraction of sp³-hybridized carbons (Fsp3) is 0.588. The van der Waals surface area contributed by atoms with Gasteiger partial charge in [-0.05, 0) is 37.3 Å². The first-order valence-electron chi connectivity index (χ1n) is 7.97. The maximum Gasteiger partial charge on any atom is 0.226 e. The zero-order valence-electron chi connectivity index (χ0n) is 13.4. The van der Waals surface area contributed by atoms with Crippen molar-refractivity contribution in [2.75, 3.05) is 13.7 Å². The van der Waals surface area contributed by atoms with Crippen molar-refractivity contribution in [2.24, 2.45) is 11.7 Å². The molecule has 3 atom stereocenters. The van der Waals surface area contributed by atoms with Crippen molar-refractivity contribution >= 4 is 18.3 Å². The van der Waals surface area contributed by atoms with Gasteiger partial charge in [-0.25, -0.2) is 0 Å². The third-order valence-corrected chi connectivity index (χ3v) is 5.04. The van der Waals surface area contributed by atoms with Gasteiger partial charge >= 0.3 is 0 Å². The Hall–Kier alpha value is -1.30. The number of rotatable bonds is 2. The molecule has 1 aliphatic heterocycles. The standard InChI is InChI=1S/C17H24N2O3.ClH/c1-22-16-6-5-11(9-14(16)18)17(21)19-8-7-13-12(10-19)3-2-4-15(13)20;/h2-4,11,14,16,20H,5-10,18H2,1H3;1H/t11-,14+,16+;/m0./s1. The average molecular weight is 341 g/mol. The molecule has 1 heterocycles. The van der Waals surface area contributed by atoms with Gasteiger partial charge in [-0.3, -0.25) is 4.79 Å². The van der Waals surface area contributed by atoms with E-state index >= 15 is 0 Å². The minimum Gasteiger partial charge on any atom is -0.508 e. The molecule has 0 saturated heterocycles. The first-order chi connectivity index (χ1) is 10.6. The van der Waals surface area contributed by atoms with Crippen LogP contribution in [0.1, 0.15) is 30.4 Å². The van der Waals surface area contributed by atoms with Crippen LogP contribution in [-0.2, 0) is 22.5 Å². The normalized spacial score (nSPS) is 27.0. The highest BCUT2D eigenvalue weighted by molar-refractivity contribution is 5.85. The van der Waals surface area contributed by atoms with Gasteiger partial charge in [0.2, 0.25) is 5.91 Å². The Labute approximate surface area is 143 Å². The molecule has 2 aliphatic rings. The average Bonchev–Trinajstić information content (AvgIpc) is 2.54. The highest BCUT2D eigenvalue weighted by atomic mass is 35.5. The monoisotopic (exact) mass is 340 g/mol. The van der Waals surface area contributed by atoms with Gasteiger partial charge in [0, 0.05) is 37.7 Å². The van der Waals surface area contributed by atoms with Crippen molar-refractivity contribution in [1.29, 1.82) is 0 Å². The second-order valence-corrected chi connectivity index (χ2v) is 6.37. The lowest BCUT2D eigenvalue weighted by molar-refractivity contribution is -0.138. The Balaban J connectivity index is 0.00000192. The molecule has 1 saturated carbocycles. The number of halogens is 1. The Morgan fingerprint density at radius 3 is 2.87 bits per heavy atom. The van der Waals surface area contributed by atoms with E-state index in [0.717, 1.165) is 24.0 Å². The van der Waals surface area contributed by atoms with Gasteiger partial charge in [0.25, 0.3) is 0 Å². The number of hydrogen-bond donors (Lipinski definition) is 2. The number of aromatic hydroxyl groups is 1. The maximum absolute atomic E-state index is 12.8. The lowest BCUT2D eigenvalue weighted by atomic mass is 9.83. The number of methoxy groups -OCH3 is 1. The van der Waals surface area contributed by atoms with Crippen LogP contribution >= 0.6 is 12.4 Å². The number of hydrogen-bond acceptors (Lipinski definition) is 4. The first kappa shape index (κ1) is 18.0. The second kappa shape index (κ2) is 7.51. The molecule has 128 valence electrons. The predicted molar refractivity (Wildman–Crippen MR) is 90.6 cm³/mol. The van der Waals surface area contributed by atoms with Gasteiger partial charge < -0.3 is 20.5 Å². The molecular formula is C17H25ClN2O3. The molecule has 23 heavy (non-hydrogen) atoms. The van der Waals surface area contributed by atoms with Gasteiger partial charge in [0.05, 0.1) is 6.10 Å². The summed E-state index contributed by atoms with van der Waals surface area (Å²) >= 11 is 0. The maximum atomic E-state index is 12.8. The molecule has 1 aromatic carbocycles. The Bertz CT molecular complexity index is 567. The van der Waals surface area contributed by atoms with E-state index < -0.39 is 0 Å². The molecule has 0 unspecified atom stereocenters. The lowest BCUT2D eigenvalue weighted by Crippen LogP contribution is -2.47. The number of phenols is 1. The molecule has 0 aromatic heterocycles. The molecule has 1 aliphatic carbocycles. The van der Waals surface area contributed by atoms with Crippen LogP contribution in [-0.4, -0.2) is 41.7 Å². The summed E-state index contributed by atoms with van der Waals surface area (Å²) in [6.07, 6.45) is 3.17. The van der Waals surface area contributed by atoms with E-state index in [9.17, 15) is 9.90 Å². The van der Waals surface area contributed by atoms with E-state index in [0.29, 0.717) is 31.7 Å². The van der Waals surface area contributed by atoms with Gasteiger partial charge in [0.1, 0.15) is 5.75 Å². The summed E-state index contributed by atoms with van der Waals surface area (Å²) < 4.78 is 5.36. The molecule has 6 heteroatoms. The summed E-state index contributed by atoms with van der Waals surface area (Å²) in [5.74, 6) is 0.534. The number of benzene rings is 1. The summed E-state index contributed by atoms with van der Waals surface area (Å²) in [7, 11) is 1.68. The SMILES string of the molecule is CO[C@@H]1CC[C@H](C(=O)N2CCc3c(O)cccc3C2)C[C@H]1N.Cl. The third-order valence-electron chi connectivity index (χ3n) is 5.04. The lowest BCUT2D eigenvalue weighted by Gasteiger charge is -2.37. The van der Waals surface area contributed by atoms with Crippen LogP contribution in [0.2, 0.25) is 0 Å². The quantitative estimate of drug-likeness (QED) is 0.861. The molecule has 5 nitrogen and oxygen atoms in total. The minimum absolute atomic E-state index is 0. The van der Waals surface area contributed by atoms with Gasteiger partial charge in [-0.1, -0.05) is 12.1 Å². The van der Waals surface area contributed by atoms with Crippen LogP contribution in [0.4, 0.5) is 0 Å². The number of carbonyl (C=O) groups excluding carboxylic acids is 1. The van der Waals surface area contributed by atoms with Crippen LogP contribution in [0.25, 0.3) is 0 Å². The summed E-state index contributed by atoms with van der Waals surface area (Å²) in [6.45, 7) is 1.25. The van der Waals surface area contributed by atoms with Crippen LogP contribution in [0, 0.1) is 5.92 Å². The summed E-state index contributed by atoms with van der Waals surface area (Å²) in [5.41, 5.74) is 8.14. The van der Waals surface area contributed by atoms with Gasteiger partial charge in [0.15, 0.2) is 0 Å². The van der Waals surface area contributed by atoms with Gasteiger partial charge in [-0.2, -0.15) is 0 Å². The van der Waals surface area contributed by atoms with E-state index in [-0.39, 0.29) is 36.4 Å². The molecule has 1 fully saturated rings. The van der Waals surface area contributed by atoms with Gasteiger partial charge in [-0.15, -0.1) is 12.4 Å². The Morgan fingerprint density at radius 2 is 2.17 bits per heavy atom. The van der Waals surface area contributed by atoms with E-state index in [4.69, 9.17) is 10.5 Å². The number of amides is 1. The molecule has 1 amide bonds. The van der Waals surface area contributed by atoms with E-state index in [2.05, 4.69) is 0 Å². The smallest absolute Gasteiger partial charge is 0.226 e. The summed E-state index contributed by atoms with van der Waals surface area (Å²) in [5, 5.41) is 9.89. The Morgan fingerprint density at radius 1 is 1.39 bits per heavy atom. The van der Waals surface area contributed by atoms with Crippen LogP contribution < -0.4 is 5.73 Å². The second-order valence-electron chi connectivity index (χ2n) is 6.37. The molecule has 0 radical (unpaired) electrons. The number of phenolic OH excluding ortho intramolecular Hbond substituents is 1. The topological polar surface area (TPSA) is 75.8 Å². The molecule has 3 N–H and O–H groups in total. The van der Waals surface area contributed by atoms with Crippen molar-refractivity contribution in [3.63, 3.8) is 0 Å². The third kappa shape index (κ3) is 3.62. The van der Waals surface area contributed by atoms with Crippen molar-refractivity contribution in [1.82, 2.24) is 4.90 Å². The van der Waals surface area contributed by atoms with Crippen LogP contribution in [0.5, 0.6) is 5.75 Å². The number of nitrogens with two attached hydrogens (primary N) is 1. The molecule has 1 aromatic rings. The number of nitrogens with zero attached hydrogens (tertiary/aromatic N) is 1. The number of fused-ring (bicyclic) bond motifs is 1. The highest BCUT2D eigenvalue weighted by Crippen LogP contribution is 2.31. The van der Waals surface area contributed by atoms with E-state index in [1.807, 2.05) is 17.0 Å². The van der Waals surface area contributed by atoms with Crippen LogP contribution in [0.3, 0.4) is 0 Å². The van der Waals surface area contributed by atoms with Crippen molar-refractivity contribution < 1.29 is 14.6 Å². The minimum atomic E-state index is -0.0613.